The molecule has 2 aliphatic carbocycles. The van der Waals surface area contributed by atoms with Crippen LogP contribution in [0.15, 0.2) is 12.2 Å². The molecule has 0 aromatic carbocycles. The van der Waals surface area contributed by atoms with Gasteiger partial charge in [0.15, 0.2) is 0 Å². The molecule has 2 aliphatic rings. The van der Waals surface area contributed by atoms with E-state index in [1.807, 2.05) is 13.8 Å². The molecule has 2 atom stereocenters. The lowest BCUT2D eigenvalue weighted by atomic mass is 10.1. The van der Waals surface area contributed by atoms with Crippen molar-refractivity contribution in [2.75, 3.05) is 0 Å². The zero-order valence-electron chi connectivity index (χ0n) is 6.43. The van der Waals surface area contributed by atoms with E-state index in [1.165, 1.54) is 19.3 Å². The molecule has 0 heteroatoms. The van der Waals surface area contributed by atoms with Crippen molar-refractivity contribution in [3.05, 3.63) is 12.2 Å². The van der Waals surface area contributed by atoms with Crippen LogP contribution in [0.1, 0.15) is 33.1 Å². The van der Waals surface area contributed by atoms with Gasteiger partial charge in [0.05, 0.1) is 0 Å². The number of fused-ring (bicyclic) bond motifs is 1. The first-order valence-corrected chi connectivity index (χ1v) is 4.13. The van der Waals surface area contributed by atoms with Gasteiger partial charge in [0, 0.05) is 0 Å². The Bertz CT molecular complexity index is 103. The summed E-state index contributed by atoms with van der Waals surface area (Å²) < 4.78 is 0. The lowest BCUT2D eigenvalue weighted by Crippen LogP contribution is -1.83. The third-order valence-electron chi connectivity index (χ3n) is 2.06. The normalized spacial score (nSPS) is 36.2. The van der Waals surface area contributed by atoms with Gasteiger partial charge in [-0.3, -0.25) is 0 Å². The van der Waals surface area contributed by atoms with E-state index < -0.39 is 0 Å². The second-order valence-corrected chi connectivity index (χ2v) is 2.67. The van der Waals surface area contributed by atoms with E-state index in [4.69, 9.17) is 0 Å². The molecule has 1 saturated carbocycles. The molecule has 0 heterocycles. The average Bonchev–Trinajstić information content (AvgIpc) is 2.69. The van der Waals surface area contributed by atoms with Gasteiger partial charge in [-0.2, -0.15) is 0 Å². The van der Waals surface area contributed by atoms with Gasteiger partial charge in [-0.05, 0) is 31.1 Å². The zero-order valence-corrected chi connectivity index (χ0v) is 6.43. The molecular weight excluding hydrogens is 108 g/mol. The predicted octanol–water partition coefficient (Wildman–Crippen LogP) is 3.00. The second-order valence-electron chi connectivity index (χ2n) is 2.67. The van der Waals surface area contributed by atoms with Crippen molar-refractivity contribution in [1.29, 1.82) is 0 Å². The minimum atomic E-state index is 1.02. The summed E-state index contributed by atoms with van der Waals surface area (Å²) in [5.74, 6) is 2.14. The van der Waals surface area contributed by atoms with Crippen LogP contribution in [0.2, 0.25) is 0 Å². The molecule has 0 aromatic rings. The van der Waals surface area contributed by atoms with Crippen LogP contribution in [0.4, 0.5) is 0 Å². The Morgan fingerprint density at radius 2 is 2.11 bits per heavy atom. The standard InChI is InChI=1S/C7H10.C2H6/c1-2-4-7-5-6(7)3-1;1-2/h1,3,6-7H,2,4-5H2;1-2H3. The molecule has 0 spiro atoms. The molecule has 0 amide bonds. The summed E-state index contributed by atoms with van der Waals surface area (Å²) in [6.45, 7) is 4.00. The summed E-state index contributed by atoms with van der Waals surface area (Å²) >= 11 is 0. The van der Waals surface area contributed by atoms with Crippen LogP contribution in [0.25, 0.3) is 0 Å². The van der Waals surface area contributed by atoms with Gasteiger partial charge in [0.1, 0.15) is 0 Å². The fraction of sp³-hybridized carbons (Fsp3) is 0.778. The van der Waals surface area contributed by atoms with E-state index in [0.717, 1.165) is 11.8 Å². The quantitative estimate of drug-likeness (QED) is 0.435. The highest BCUT2D eigenvalue weighted by Gasteiger charge is 2.35. The van der Waals surface area contributed by atoms with Crippen molar-refractivity contribution in [2.24, 2.45) is 11.8 Å². The predicted molar refractivity (Wildman–Crippen MR) is 41.3 cm³/mol. The van der Waals surface area contributed by atoms with Gasteiger partial charge >= 0.3 is 0 Å². The van der Waals surface area contributed by atoms with Crippen LogP contribution in [-0.2, 0) is 0 Å². The number of allylic oxidation sites excluding steroid dienone is 2. The van der Waals surface area contributed by atoms with E-state index >= 15 is 0 Å². The molecule has 0 bridgehead atoms. The minimum absolute atomic E-state index is 1.02. The lowest BCUT2D eigenvalue weighted by molar-refractivity contribution is 0.682. The molecule has 2 unspecified atom stereocenters. The third kappa shape index (κ3) is 1.57. The smallest absolute Gasteiger partial charge is 0.0202 e. The molecule has 0 aromatic heterocycles. The summed E-state index contributed by atoms with van der Waals surface area (Å²) in [6.07, 6.45) is 9.03. The first-order valence-electron chi connectivity index (χ1n) is 4.13. The summed E-state index contributed by atoms with van der Waals surface area (Å²) in [5, 5.41) is 0. The Labute approximate surface area is 58.0 Å². The summed E-state index contributed by atoms with van der Waals surface area (Å²) in [6, 6.07) is 0. The number of rotatable bonds is 0. The number of hydrogen-bond acceptors (Lipinski definition) is 0. The molecule has 2 rings (SSSR count). The largest absolute Gasteiger partial charge is 0.0882 e. The Morgan fingerprint density at radius 1 is 1.33 bits per heavy atom. The molecule has 0 N–H and O–H groups in total. The van der Waals surface area contributed by atoms with Crippen LogP contribution in [0.3, 0.4) is 0 Å². The Kier molecular flexibility index (Phi) is 2.32. The van der Waals surface area contributed by atoms with Gasteiger partial charge in [-0.15, -0.1) is 0 Å². The summed E-state index contributed by atoms with van der Waals surface area (Å²) in [5.41, 5.74) is 0. The molecule has 0 radical (unpaired) electrons. The third-order valence-corrected chi connectivity index (χ3v) is 2.06. The van der Waals surface area contributed by atoms with E-state index in [0.29, 0.717) is 0 Å². The fourth-order valence-corrected chi connectivity index (χ4v) is 1.42. The summed E-state index contributed by atoms with van der Waals surface area (Å²) in [4.78, 5) is 0. The van der Waals surface area contributed by atoms with E-state index in [9.17, 15) is 0 Å². The highest BCUT2D eigenvalue weighted by molar-refractivity contribution is 5.06. The summed E-state index contributed by atoms with van der Waals surface area (Å²) in [7, 11) is 0. The maximum Gasteiger partial charge on any atom is -0.0202 e. The van der Waals surface area contributed by atoms with Crippen molar-refractivity contribution in [3.8, 4) is 0 Å². The van der Waals surface area contributed by atoms with E-state index in [2.05, 4.69) is 12.2 Å². The maximum absolute atomic E-state index is 2.38. The fourth-order valence-electron chi connectivity index (χ4n) is 1.42. The molecule has 1 fully saturated rings. The Morgan fingerprint density at radius 3 is 2.56 bits per heavy atom. The van der Waals surface area contributed by atoms with Crippen molar-refractivity contribution < 1.29 is 0 Å². The van der Waals surface area contributed by atoms with Crippen molar-refractivity contribution >= 4 is 0 Å². The molecule has 0 nitrogen and oxygen atoms in total. The van der Waals surface area contributed by atoms with Gasteiger partial charge in [-0.25, -0.2) is 0 Å². The molecule has 0 saturated heterocycles. The second kappa shape index (κ2) is 3.05. The topological polar surface area (TPSA) is 0 Å². The molecule has 0 aliphatic heterocycles. The first kappa shape index (κ1) is 6.85. The average molecular weight is 124 g/mol. The first-order chi connectivity index (χ1) is 4.47. The van der Waals surface area contributed by atoms with Gasteiger partial charge in [-0.1, -0.05) is 26.0 Å². The molecular formula is C9H16. The Hall–Kier alpha value is -0.260. The van der Waals surface area contributed by atoms with Crippen LogP contribution in [0.5, 0.6) is 0 Å². The molecule has 9 heavy (non-hydrogen) atoms. The minimum Gasteiger partial charge on any atom is -0.0882 e. The van der Waals surface area contributed by atoms with Gasteiger partial charge in [0.25, 0.3) is 0 Å². The lowest BCUT2D eigenvalue weighted by Gasteiger charge is -1.96. The van der Waals surface area contributed by atoms with Crippen LogP contribution >= 0.6 is 0 Å². The van der Waals surface area contributed by atoms with E-state index in [-0.39, 0.29) is 0 Å². The highest BCUT2D eigenvalue weighted by Crippen LogP contribution is 2.45. The SMILES string of the molecule is C1=CC2CC2CC1.CC. The van der Waals surface area contributed by atoms with Crippen LogP contribution in [0, 0.1) is 11.8 Å². The van der Waals surface area contributed by atoms with Crippen LogP contribution in [-0.4, -0.2) is 0 Å². The Balaban J connectivity index is 0.000000186. The van der Waals surface area contributed by atoms with E-state index in [1.54, 1.807) is 0 Å². The highest BCUT2D eigenvalue weighted by atomic mass is 14.4. The zero-order chi connectivity index (χ0) is 6.69. The van der Waals surface area contributed by atoms with Crippen molar-refractivity contribution in [1.82, 2.24) is 0 Å². The van der Waals surface area contributed by atoms with Gasteiger partial charge < -0.3 is 0 Å². The van der Waals surface area contributed by atoms with Crippen molar-refractivity contribution in [3.63, 3.8) is 0 Å². The van der Waals surface area contributed by atoms with Crippen LogP contribution < -0.4 is 0 Å². The maximum atomic E-state index is 2.38. The van der Waals surface area contributed by atoms with Crippen molar-refractivity contribution in [2.45, 2.75) is 33.1 Å². The monoisotopic (exact) mass is 124 g/mol. The van der Waals surface area contributed by atoms with Gasteiger partial charge in [0.2, 0.25) is 0 Å². The molecule has 52 valence electrons. The number of hydrogen-bond donors (Lipinski definition) is 0.